The minimum Gasteiger partial charge on any atom is -0.393 e. The molecule has 1 unspecified atom stereocenters. The highest BCUT2D eigenvalue weighted by molar-refractivity contribution is 6.30. The van der Waals surface area contributed by atoms with Crippen LogP contribution in [0.15, 0.2) is 24.3 Å². The summed E-state index contributed by atoms with van der Waals surface area (Å²) in [5, 5.41) is 16.1. The maximum absolute atomic E-state index is 12.0. The molecule has 1 aliphatic rings. The molecule has 2 amide bonds. The molecule has 1 fully saturated rings. The van der Waals surface area contributed by atoms with E-state index in [1.165, 1.54) is 5.56 Å². The molecule has 2 rings (SSSR count). The van der Waals surface area contributed by atoms with Crippen LogP contribution in [-0.4, -0.2) is 30.3 Å². The highest BCUT2D eigenvalue weighted by atomic mass is 35.5. The fourth-order valence-corrected chi connectivity index (χ4v) is 3.23. The highest BCUT2D eigenvalue weighted by Crippen LogP contribution is 2.48. The third-order valence-corrected chi connectivity index (χ3v) is 4.69. The Morgan fingerprint density at radius 3 is 2.65 bits per heavy atom. The number of hydrogen-bond donors (Lipinski definition) is 3. The predicted molar refractivity (Wildman–Crippen MR) is 93.8 cm³/mol. The van der Waals surface area contributed by atoms with E-state index in [1.807, 2.05) is 32.0 Å². The number of rotatable bonds is 7. The van der Waals surface area contributed by atoms with Crippen molar-refractivity contribution in [2.24, 2.45) is 5.41 Å². The van der Waals surface area contributed by atoms with Gasteiger partial charge in [-0.1, -0.05) is 37.6 Å². The minimum atomic E-state index is -0.368. The molecule has 128 valence electrons. The monoisotopic (exact) mass is 338 g/mol. The highest BCUT2D eigenvalue weighted by Gasteiger charge is 2.44. The second-order valence-electron chi connectivity index (χ2n) is 7.54. The number of urea groups is 1. The molecule has 4 nitrogen and oxygen atoms in total. The minimum absolute atomic E-state index is 0.0391. The molecule has 0 radical (unpaired) electrons. The van der Waals surface area contributed by atoms with Crippen LogP contribution in [0.2, 0.25) is 5.02 Å². The molecule has 1 saturated carbocycles. The zero-order chi connectivity index (χ0) is 17.1. The Kier molecular flexibility index (Phi) is 5.58. The summed E-state index contributed by atoms with van der Waals surface area (Å²) in [7, 11) is 0. The summed E-state index contributed by atoms with van der Waals surface area (Å²) >= 11 is 6.06. The van der Waals surface area contributed by atoms with E-state index in [2.05, 4.69) is 16.7 Å². The van der Waals surface area contributed by atoms with E-state index in [-0.39, 0.29) is 23.0 Å². The van der Waals surface area contributed by atoms with Crippen molar-refractivity contribution in [2.45, 2.75) is 51.6 Å². The van der Waals surface area contributed by atoms with Crippen LogP contribution in [0.5, 0.6) is 0 Å². The lowest BCUT2D eigenvalue weighted by atomic mass is 9.87. The van der Waals surface area contributed by atoms with E-state index < -0.39 is 0 Å². The maximum atomic E-state index is 12.0. The standard InChI is InChI=1S/C18H27ClN2O2/c1-13(22)10-17(2,3)11-20-16(23)21-12-18(7-8-18)14-5-4-6-15(19)9-14/h4-6,9,13,22H,7-8,10-12H2,1-3H3,(H2,20,21,23). The van der Waals surface area contributed by atoms with Gasteiger partial charge >= 0.3 is 6.03 Å². The smallest absolute Gasteiger partial charge is 0.314 e. The number of benzene rings is 1. The van der Waals surface area contributed by atoms with Gasteiger partial charge in [-0.25, -0.2) is 4.79 Å². The topological polar surface area (TPSA) is 61.4 Å². The number of aliphatic hydroxyl groups excluding tert-OH is 1. The average Bonchev–Trinajstić information content (AvgIpc) is 3.23. The molecule has 0 spiro atoms. The molecular weight excluding hydrogens is 312 g/mol. The van der Waals surface area contributed by atoms with Crippen LogP contribution in [0, 0.1) is 5.41 Å². The lowest BCUT2D eigenvalue weighted by molar-refractivity contribution is 0.129. The van der Waals surface area contributed by atoms with Gasteiger partial charge in [-0.3, -0.25) is 0 Å². The van der Waals surface area contributed by atoms with E-state index in [0.29, 0.717) is 19.5 Å². The number of aliphatic hydroxyl groups is 1. The summed E-state index contributed by atoms with van der Waals surface area (Å²) < 4.78 is 0. The molecule has 5 heteroatoms. The molecule has 1 atom stereocenters. The number of hydrogen-bond acceptors (Lipinski definition) is 2. The van der Waals surface area contributed by atoms with Crippen LogP contribution in [0.25, 0.3) is 0 Å². The molecule has 1 aromatic carbocycles. The third-order valence-electron chi connectivity index (χ3n) is 4.45. The molecule has 1 aromatic rings. The van der Waals surface area contributed by atoms with E-state index in [0.717, 1.165) is 17.9 Å². The first kappa shape index (κ1) is 18.1. The van der Waals surface area contributed by atoms with Crippen molar-refractivity contribution in [3.05, 3.63) is 34.9 Å². The Labute approximate surface area is 143 Å². The summed E-state index contributed by atoms with van der Waals surface area (Å²) in [4.78, 5) is 12.0. The first-order chi connectivity index (χ1) is 10.7. The SMILES string of the molecule is CC(O)CC(C)(C)CNC(=O)NCC1(c2cccc(Cl)c2)CC1. The first-order valence-corrected chi connectivity index (χ1v) is 8.56. The molecule has 0 bridgehead atoms. The van der Waals surface area contributed by atoms with Crippen LogP contribution in [0.4, 0.5) is 4.79 Å². The third kappa shape index (κ3) is 5.40. The predicted octanol–water partition coefficient (Wildman–Crippen LogP) is 3.47. The van der Waals surface area contributed by atoms with Gasteiger partial charge in [0.1, 0.15) is 0 Å². The Hall–Kier alpha value is -1.26. The van der Waals surface area contributed by atoms with E-state index in [9.17, 15) is 9.90 Å². The largest absolute Gasteiger partial charge is 0.393 e. The number of carbonyl (C=O) groups excluding carboxylic acids is 1. The van der Waals surface area contributed by atoms with Crippen LogP contribution < -0.4 is 10.6 Å². The van der Waals surface area contributed by atoms with Crippen LogP contribution >= 0.6 is 11.6 Å². The van der Waals surface area contributed by atoms with Crippen molar-refractivity contribution in [3.8, 4) is 0 Å². The zero-order valence-corrected chi connectivity index (χ0v) is 14.9. The molecule has 0 aromatic heterocycles. The summed E-state index contributed by atoms with van der Waals surface area (Å²) in [5.41, 5.74) is 1.10. The van der Waals surface area contributed by atoms with Gasteiger partial charge in [-0.2, -0.15) is 0 Å². The normalized spacial score (nSPS) is 17.4. The lowest BCUT2D eigenvalue weighted by Crippen LogP contribution is -2.43. The Bertz CT molecular complexity index is 554. The Morgan fingerprint density at radius 2 is 2.09 bits per heavy atom. The van der Waals surface area contributed by atoms with Gasteiger partial charge in [0.25, 0.3) is 0 Å². The van der Waals surface area contributed by atoms with Crippen LogP contribution in [-0.2, 0) is 5.41 Å². The Balaban J connectivity index is 1.81. The summed E-state index contributed by atoms with van der Waals surface area (Å²) in [5.74, 6) is 0. The number of halogens is 1. The zero-order valence-electron chi connectivity index (χ0n) is 14.2. The Morgan fingerprint density at radius 1 is 1.39 bits per heavy atom. The van der Waals surface area contributed by atoms with Crippen molar-refractivity contribution < 1.29 is 9.90 Å². The van der Waals surface area contributed by atoms with Gasteiger partial charge in [0.05, 0.1) is 6.10 Å². The molecule has 23 heavy (non-hydrogen) atoms. The van der Waals surface area contributed by atoms with Crippen molar-refractivity contribution >= 4 is 17.6 Å². The summed E-state index contributed by atoms with van der Waals surface area (Å²) in [6.45, 7) is 7.00. The van der Waals surface area contributed by atoms with Gasteiger partial charge in [0.15, 0.2) is 0 Å². The molecule has 0 aliphatic heterocycles. The van der Waals surface area contributed by atoms with Crippen LogP contribution in [0.1, 0.15) is 45.6 Å². The van der Waals surface area contributed by atoms with Crippen LogP contribution in [0.3, 0.4) is 0 Å². The quantitative estimate of drug-likeness (QED) is 0.713. The van der Waals surface area contributed by atoms with Gasteiger partial charge < -0.3 is 15.7 Å². The second-order valence-corrected chi connectivity index (χ2v) is 7.98. The van der Waals surface area contributed by atoms with E-state index >= 15 is 0 Å². The van der Waals surface area contributed by atoms with Gasteiger partial charge in [0, 0.05) is 23.5 Å². The van der Waals surface area contributed by atoms with Crippen molar-refractivity contribution in [1.82, 2.24) is 10.6 Å². The molecule has 0 saturated heterocycles. The summed E-state index contributed by atoms with van der Waals surface area (Å²) in [6.07, 6.45) is 2.43. The second kappa shape index (κ2) is 7.10. The van der Waals surface area contributed by atoms with Gasteiger partial charge in [-0.15, -0.1) is 0 Å². The number of amides is 2. The van der Waals surface area contributed by atoms with Gasteiger partial charge in [0.2, 0.25) is 0 Å². The fourth-order valence-electron chi connectivity index (χ4n) is 3.04. The fraction of sp³-hybridized carbons (Fsp3) is 0.611. The molecule has 0 heterocycles. The number of nitrogens with one attached hydrogen (secondary N) is 2. The summed E-state index contributed by atoms with van der Waals surface area (Å²) in [6, 6.07) is 7.73. The van der Waals surface area contributed by atoms with E-state index in [4.69, 9.17) is 11.6 Å². The van der Waals surface area contributed by atoms with E-state index in [1.54, 1.807) is 6.92 Å². The molecule has 1 aliphatic carbocycles. The molecular formula is C18H27ClN2O2. The maximum Gasteiger partial charge on any atom is 0.314 e. The average molecular weight is 339 g/mol. The van der Waals surface area contributed by atoms with Crippen molar-refractivity contribution in [3.63, 3.8) is 0 Å². The first-order valence-electron chi connectivity index (χ1n) is 8.18. The van der Waals surface area contributed by atoms with Crippen molar-refractivity contribution in [1.29, 1.82) is 0 Å². The van der Waals surface area contributed by atoms with Gasteiger partial charge in [-0.05, 0) is 49.3 Å². The number of carbonyl (C=O) groups is 1. The lowest BCUT2D eigenvalue weighted by Gasteiger charge is -2.26. The molecule has 3 N–H and O–H groups in total. The van der Waals surface area contributed by atoms with Crippen molar-refractivity contribution in [2.75, 3.05) is 13.1 Å².